The standard InChI is InChI=1S/C22H22N8.4H2O/c1-5-27(15-23-1)11-19-9-21(13-29-7-3-25-17-29)22(14-30-8-4-26-18-30)10-20(19)12-28-6-2-24-16-28;;;;/h1-10,15-18H,11-14H2;4*1H2. The van der Waals surface area contributed by atoms with Crippen molar-refractivity contribution in [3.05, 3.63) is 109 Å². The molecule has 4 heterocycles. The van der Waals surface area contributed by atoms with Crippen molar-refractivity contribution in [3.63, 3.8) is 0 Å². The highest BCUT2D eigenvalue weighted by molar-refractivity contribution is 5.39. The molecule has 4 aromatic heterocycles. The van der Waals surface area contributed by atoms with Gasteiger partial charge in [-0.3, -0.25) is 0 Å². The van der Waals surface area contributed by atoms with Gasteiger partial charge in [-0.15, -0.1) is 0 Å². The zero-order chi connectivity index (χ0) is 20.2. The summed E-state index contributed by atoms with van der Waals surface area (Å²) in [6, 6.07) is 4.64. The number of nitrogens with zero attached hydrogens (tertiary/aromatic N) is 8. The largest absolute Gasteiger partial charge is 0.412 e. The summed E-state index contributed by atoms with van der Waals surface area (Å²) >= 11 is 0. The van der Waals surface area contributed by atoms with Crippen LogP contribution in [0.5, 0.6) is 0 Å². The van der Waals surface area contributed by atoms with Crippen LogP contribution in [0.2, 0.25) is 0 Å². The lowest BCUT2D eigenvalue weighted by molar-refractivity contribution is 0.720. The van der Waals surface area contributed by atoms with Gasteiger partial charge in [0.15, 0.2) is 0 Å². The van der Waals surface area contributed by atoms with Gasteiger partial charge in [0.2, 0.25) is 0 Å². The van der Waals surface area contributed by atoms with E-state index in [0.29, 0.717) is 0 Å². The lowest BCUT2D eigenvalue weighted by Crippen LogP contribution is -2.11. The minimum atomic E-state index is 0. The van der Waals surface area contributed by atoms with Crippen molar-refractivity contribution in [1.29, 1.82) is 0 Å². The summed E-state index contributed by atoms with van der Waals surface area (Å²) in [5, 5.41) is 0. The highest BCUT2D eigenvalue weighted by atomic mass is 16.0. The normalized spacial score (nSPS) is 9.88. The van der Waals surface area contributed by atoms with Gasteiger partial charge in [0.1, 0.15) is 0 Å². The van der Waals surface area contributed by atoms with E-state index in [1.54, 1.807) is 0 Å². The van der Waals surface area contributed by atoms with Gasteiger partial charge in [0.25, 0.3) is 0 Å². The van der Waals surface area contributed by atoms with Crippen molar-refractivity contribution in [1.82, 2.24) is 38.2 Å². The summed E-state index contributed by atoms with van der Waals surface area (Å²) in [5.41, 5.74) is 5.08. The predicted octanol–water partition coefficient (Wildman–Crippen LogP) is -0.633. The smallest absolute Gasteiger partial charge is 0.0949 e. The molecule has 8 N–H and O–H groups in total. The minimum Gasteiger partial charge on any atom is -0.412 e. The first-order valence-electron chi connectivity index (χ1n) is 9.80. The highest BCUT2D eigenvalue weighted by Crippen LogP contribution is 2.22. The molecule has 0 radical (unpaired) electrons. The third-order valence-electron chi connectivity index (χ3n) is 5.17. The molecule has 0 aliphatic carbocycles. The van der Waals surface area contributed by atoms with Gasteiger partial charge >= 0.3 is 0 Å². The molecule has 0 bridgehead atoms. The second-order valence-electron chi connectivity index (χ2n) is 7.33. The van der Waals surface area contributed by atoms with Crippen LogP contribution < -0.4 is 0 Å². The van der Waals surface area contributed by atoms with Crippen LogP contribution in [-0.2, 0) is 26.2 Å². The van der Waals surface area contributed by atoms with E-state index >= 15 is 0 Å². The molecule has 0 saturated carbocycles. The molecule has 34 heavy (non-hydrogen) atoms. The van der Waals surface area contributed by atoms with Crippen molar-refractivity contribution in [2.45, 2.75) is 26.2 Å². The molecule has 0 fully saturated rings. The number of imidazole rings is 4. The fraction of sp³-hybridized carbons (Fsp3) is 0.182. The topological polar surface area (TPSA) is 197 Å². The number of hydrogen-bond acceptors (Lipinski definition) is 4. The van der Waals surface area contributed by atoms with E-state index in [0.717, 1.165) is 26.2 Å². The number of hydrogen-bond donors (Lipinski definition) is 0. The predicted molar refractivity (Wildman–Crippen MR) is 126 cm³/mol. The number of benzene rings is 1. The maximum absolute atomic E-state index is 4.20. The summed E-state index contributed by atoms with van der Waals surface area (Å²) < 4.78 is 8.40. The van der Waals surface area contributed by atoms with Crippen LogP contribution in [0.25, 0.3) is 0 Å². The van der Waals surface area contributed by atoms with Crippen molar-refractivity contribution >= 4 is 0 Å². The second kappa shape index (κ2) is 12.8. The van der Waals surface area contributed by atoms with E-state index in [-0.39, 0.29) is 21.9 Å². The van der Waals surface area contributed by atoms with Gasteiger partial charge in [0.05, 0.1) is 25.3 Å². The molecular weight excluding hydrogens is 440 g/mol. The zero-order valence-electron chi connectivity index (χ0n) is 18.5. The van der Waals surface area contributed by atoms with Gasteiger partial charge < -0.3 is 40.2 Å². The summed E-state index contributed by atoms with van der Waals surface area (Å²) in [6.45, 7) is 3.08. The monoisotopic (exact) mass is 470 g/mol. The molecule has 5 rings (SSSR count). The Morgan fingerprint density at radius 3 is 0.824 bits per heavy atom. The van der Waals surface area contributed by atoms with Crippen molar-refractivity contribution < 1.29 is 21.9 Å². The Kier molecular flexibility index (Phi) is 10.5. The SMILES string of the molecule is O.O.O.O.c1cn(Cc2cc(Cn3ccnc3)c(Cn3ccnc3)cc2Cn2ccnc2)cn1. The summed E-state index contributed by atoms with van der Waals surface area (Å²) in [7, 11) is 0. The Bertz CT molecular complexity index is 1000. The number of rotatable bonds is 8. The molecule has 0 amide bonds. The minimum absolute atomic E-state index is 0. The second-order valence-corrected chi connectivity index (χ2v) is 7.33. The summed E-state index contributed by atoms with van der Waals surface area (Å²) in [6.07, 6.45) is 22.7. The summed E-state index contributed by atoms with van der Waals surface area (Å²) in [5.74, 6) is 0. The van der Waals surface area contributed by atoms with Crippen molar-refractivity contribution in [2.24, 2.45) is 0 Å². The van der Waals surface area contributed by atoms with Crippen LogP contribution in [0.1, 0.15) is 22.3 Å². The quantitative estimate of drug-likeness (QED) is 0.291. The Morgan fingerprint density at radius 2 is 0.647 bits per heavy atom. The highest BCUT2D eigenvalue weighted by Gasteiger charge is 2.13. The molecule has 0 aliphatic heterocycles. The molecule has 1 aromatic carbocycles. The van der Waals surface area contributed by atoms with Crippen LogP contribution in [0.15, 0.2) is 87.0 Å². The first kappa shape index (κ1) is 27.9. The maximum atomic E-state index is 4.20. The van der Waals surface area contributed by atoms with Crippen LogP contribution in [0, 0.1) is 0 Å². The Morgan fingerprint density at radius 1 is 0.412 bits per heavy atom. The first-order chi connectivity index (χ1) is 14.8. The van der Waals surface area contributed by atoms with Crippen LogP contribution >= 0.6 is 0 Å². The molecule has 0 spiro atoms. The molecular formula is C22H30N8O4. The third kappa shape index (κ3) is 6.46. The van der Waals surface area contributed by atoms with Gasteiger partial charge in [0, 0.05) is 75.8 Å². The molecule has 12 nitrogen and oxygen atoms in total. The van der Waals surface area contributed by atoms with E-state index in [9.17, 15) is 0 Å². The van der Waals surface area contributed by atoms with Crippen LogP contribution in [-0.4, -0.2) is 60.1 Å². The molecule has 12 heteroatoms. The summed E-state index contributed by atoms with van der Waals surface area (Å²) in [4.78, 5) is 16.8. The van der Waals surface area contributed by atoms with E-state index in [1.165, 1.54) is 22.3 Å². The van der Waals surface area contributed by atoms with E-state index in [1.807, 2.05) is 74.9 Å². The molecule has 0 saturated heterocycles. The molecule has 0 atom stereocenters. The Labute approximate surface area is 196 Å². The molecule has 182 valence electrons. The molecule has 0 aliphatic rings. The van der Waals surface area contributed by atoms with Gasteiger partial charge in [-0.05, 0) is 22.3 Å². The third-order valence-corrected chi connectivity index (χ3v) is 5.17. The molecule has 5 aromatic rings. The van der Waals surface area contributed by atoms with Gasteiger partial charge in [-0.25, -0.2) is 19.9 Å². The van der Waals surface area contributed by atoms with Crippen LogP contribution in [0.4, 0.5) is 0 Å². The Balaban J connectivity index is 0.00000144. The lowest BCUT2D eigenvalue weighted by Gasteiger charge is -2.18. The van der Waals surface area contributed by atoms with Gasteiger partial charge in [-0.2, -0.15) is 0 Å². The van der Waals surface area contributed by atoms with Crippen molar-refractivity contribution in [3.8, 4) is 0 Å². The van der Waals surface area contributed by atoms with Crippen molar-refractivity contribution in [2.75, 3.05) is 0 Å². The average molecular weight is 471 g/mol. The first-order valence-corrected chi connectivity index (χ1v) is 9.80. The fourth-order valence-corrected chi connectivity index (χ4v) is 3.69. The van der Waals surface area contributed by atoms with E-state index in [2.05, 4.69) is 50.3 Å². The van der Waals surface area contributed by atoms with Gasteiger partial charge in [-0.1, -0.05) is 12.1 Å². The zero-order valence-corrected chi connectivity index (χ0v) is 18.5. The van der Waals surface area contributed by atoms with Crippen LogP contribution in [0.3, 0.4) is 0 Å². The molecule has 0 unspecified atom stereocenters. The Hall–Kier alpha value is -4.10. The number of aromatic nitrogens is 8. The maximum Gasteiger partial charge on any atom is 0.0949 e. The van der Waals surface area contributed by atoms with E-state index in [4.69, 9.17) is 0 Å². The van der Waals surface area contributed by atoms with E-state index < -0.39 is 0 Å². The average Bonchev–Trinajstić information content (AvgIpc) is 3.54. The lowest BCUT2D eigenvalue weighted by atomic mass is 9.97. The fourth-order valence-electron chi connectivity index (χ4n) is 3.69.